The van der Waals surface area contributed by atoms with Gasteiger partial charge < -0.3 is 5.32 Å². The average Bonchev–Trinajstić information content (AvgIpc) is 3.25. The Labute approximate surface area is 157 Å². The number of fused-ring (bicyclic) bond motifs is 4. The molecule has 0 radical (unpaired) electrons. The number of hydrogen-bond acceptors (Lipinski definition) is 2. The molecule has 1 aromatic heterocycles. The van der Waals surface area contributed by atoms with Gasteiger partial charge in [0.15, 0.2) is 0 Å². The summed E-state index contributed by atoms with van der Waals surface area (Å²) in [5, 5.41) is 5.06. The van der Waals surface area contributed by atoms with Crippen molar-refractivity contribution in [2.45, 2.75) is 37.6 Å². The van der Waals surface area contributed by atoms with E-state index in [1.165, 1.54) is 53.4 Å². The van der Waals surface area contributed by atoms with Gasteiger partial charge in [-0.05, 0) is 71.4 Å². The standard InChI is InChI=1S/C23H23N2P/c26-20-9-4-6-17-11-13-23(22(17)20)12-10-16-5-3-8-19(21(16)23)25-15-18-7-1-2-14-24-18/h1-9,14,25H,10-13,15,26H2/t23-/m1/s1. The highest BCUT2D eigenvalue weighted by atomic mass is 31.0. The summed E-state index contributed by atoms with van der Waals surface area (Å²) in [6.45, 7) is 0.767. The molecule has 2 aliphatic carbocycles. The average molecular weight is 358 g/mol. The minimum Gasteiger partial charge on any atom is -0.379 e. The van der Waals surface area contributed by atoms with Crippen molar-refractivity contribution in [2.24, 2.45) is 0 Å². The molecule has 3 aromatic rings. The number of aryl methyl sites for hydroxylation is 2. The number of nitrogens with zero attached hydrogens (tertiary/aromatic N) is 1. The summed E-state index contributed by atoms with van der Waals surface area (Å²) in [4.78, 5) is 4.46. The Morgan fingerprint density at radius 1 is 0.885 bits per heavy atom. The zero-order chi connectivity index (χ0) is 17.6. The predicted molar refractivity (Wildman–Crippen MR) is 111 cm³/mol. The van der Waals surface area contributed by atoms with E-state index in [4.69, 9.17) is 0 Å². The van der Waals surface area contributed by atoms with Crippen LogP contribution in [0.4, 0.5) is 5.69 Å². The number of nitrogens with one attached hydrogen (secondary N) is 1. The van der Waals surface area contributed by atoms with Crippen LogP contribution in [0.25, 0.3) is 0 Å². The quantitative estimate of drug-likeness (QED) is 0.703. The lowest BCUT2D eigenvalue weighted by Gasteiger charge is -2.30. The molecule has 2 atom stereocenters. The highest BCUT2D eigenvalue weighted by Crippen LogP contribution is 2.54. The Kier molecular flexibility index (Phi) is 3.83. The van der Waals surface area contributed by atoms with E-state index < -0.39 is 0 Å². The van der Waals surface area contributed by atoms with E-state index in [-0.39, 0.29) is 5.41 Å². The van der Waals surface area contributed by atoms with E-state index in [0.29, 0.717) is 0 Å². The van der Waals surface area contributed by atoms with Crippen molar-refractivity contribution < 1.29 is 0 Å². The summed E-state index contributed by atoms with van der Waals surface area (Å²) in [6.07, 6.45) is 6.67. The molecule has 0 fully saturated rings. The number of rotatable bonds is 3. The van der Waals surface area contributed by atoms with Gasteiger partial charge in [-0.2, -0.15) is 0 Å². The van der Waals surface area contributed by atoms with Crippen molar-refractivity contribution in [1.82, 2.24) is 4.98 Å². The van der Waals surface area contributed by atoms with Crippen LogP contribution in [-0.2, 0) is 24.8 Å². The van der Waals surface area contributed by atoms with Crippen molar-refractivity contribution in [2.75, 3.05) is 5.32 Å². The van der Waals surface area contributed by atoms with Gasteiger partial charge in [0, 0.05) is 17.3 Å². The Morgan fingerprint density at radius 2 is 1.65 bits per heavy atom. The monoisotopic (exact) mass is 358 g/mol. The summed E-state index contributed by atoms with van der Waals surface area (Å²) < 4.78 is 0. The number of pyridine rings is 1. The first-order valence-corrected chi connectivity index (χ1v) is 10.00. The van der Waals surface area contributed by atoms with Crippen molar-refractivity contribution >= 4 is 20.2 Å². The molecule has 130 valence electrons. The Bertz CT molecular complexity index is 963. The molecule has 5 rings (SSSR count). The molecule has 1 spiro atoms. The second-order valence-corrected chi connectivity index (χ2v) is 8.10. The molecule has 0 saturated heterocycles. The van der Waals surface area contributed by atoms with Crippen molar-refractivity contribution in [1.29, 1.82) is 0 Å². The third-order valence-electron chi connectivity index (χ3n) is 6.12. The molecule has 0 amide bonds. The second-order valence-electron chi connectivity index (χ2n) is 7.48. The van der Waals surface area contributed by atoms with Crippen LogP contribution in [0.3, 0.4) is 0 Å². The lowest BCUT2D eigenvalue weighted by atomic mass is 9.76. The molecule has 2 aromatic carbocycles. The molecule has 0 saturated carbocycles. The predicted octanol–water partition coefficient (Wildman–Crippen LogP) is 4.37. The first kappa shape index (κ1) is 16.0. The molecule has 2 aliphatic rings. The summed E-state index contributed by atoms with van der Waals surface area (Å²) in [5.41, 5.74) is 8.68. The largest absolute Gasteiger partial charge is 0.379 e. The molecule has 1 heterocycles. The third kappa shape index (κ3) is 2.40. The van der Waals surface area contributed by atoms with Crippen LogP contribution >= 0.6 is 9.24 Å². The Morgan fingerprint density at radius 3 is 2.42 bits per heavy atom. The molecule has 0 bridgehead atoms. The lowest BCUT2D eigenvalue weighted by Crippen LogP contribution is -2.27. The van der Waals surface area contributed by atoms with E-state index in [0.717, 1.165) is 12.2 Å². The number of hydrogen-bond donors (Lipinski definition) is 1. The van der Waals surface area contributed by atoms with Crippen molar-refractivity contribution in [3.63, 3.8) is 0 Å². The van der Waals surface area contributed by atoms with Crippen molar-refractivity contribution in [3.8, 4) is 0 Å². The van der Waals surface area contributed by atoms with E-state index in [1.54, 1.807) is 5.56 Å². The van der Waals surface area contributed by atoms with Gasteiger partial charge in [0.05, 0.1) is 12.2 Å². The summed E-state index contributed by atoms with van der Waals surface area (Å²) in [6, 6.07) is 19.6. The summed E-state index contributed by atoms with van der Waals surface area (Å²) in [5.74, 6) is 0. The SMILES string of the molecule is Pc1cccc2c1[C@@]1(CC2)CCc2cccc(NCc3ccccn3)c21. The van der Waals surface area contributed by atoms with E-state index in [9.17, 15) is 0 Å². The summed E-state index contributed by atoms with van der Waals surface area (Å²) in [7, 11) is 2.98. The molecule has 1 N–H and O–H groups in total. The van der Waals surface area contributed by atoms with E-state index in [2.05, 4.69) is 68.1 Å². The van der Waals surface area contributed by atoms with Crippen LogP contribution in [0.1, 0.15) is 40.8 Å². The third-order valence-corrected chi connectivity index (χ3v) is 6.60. The highest BCUT2D eigenvalue weighted by molar-refractivity contribution is 7.27. The van der Waals surface area contributed by atoms with Gasteiger partial charge in [-0.25, -0.2) is 0 Å². The van der Waals surface area contributed by atoms with Crippen LogP contribution < -0.4 is 10.6 Å². The maximum Gasteiger partial charge on any atom is 0.0594 e. The normalized spacial score (nSPS) is 20.2. The van der Waals surface area contributed by atoms with Gasteiger partial charge in [-0.1, -0.05) is 36.4 Å². The maximum absolute atomic E-state index is 4.46. The Balaban J connectivity index is 1.58. The number of aromatic nitrogens is 1. The van der Waals surface area contributed by atoms with Crippen LogP contribution in [0.15, 0.2) is 60.8 Å². The zero-order valence-electron chi connectivity index (χ0n) is 14.8. The summed E-state index contributed by atoms with van der Waals surface area (Å²) >= 11 is 0. The van der Waals surface area contributed by atoms with Crippen LogP contribution in [-0.4, -0.2) is 4.98 Å². The van der Waals surface area contributed by atoms with Gasteiger partial charge >= 0.3 is 0 Å². The van der Waals surface area contributed by atoms with Crippen LogP contribution in [0, 0.1) is 0 Å². The first-order valence-electron chi connectivity index (χ1n) is 9.42. The zero-order valence-corrected chi connectivity index (χ0v) is 16.0. The van der Waals surface area contributed by atoms with Gasteiger partial charge in [-0.15, -0.1) is 9.24 Å². The fraction of sp³-hybridized carbons (Fsp3) is 0.261. The molecule has 0 aliphatic heterocycles. The molecule has 26 heavy (non-hydrogen) atoms. The van der Waals surface area contributed by atoms with Crippen LogP contribution in [0.5, 0.6) is 0 Å². The van der Waals surface area contributed by atoms with Gasteiger partial charge in [0.2, 0.25) is 0 Å². The Hall–Kier alpha value is -2.18. The van der Waals surface area contributed by atoms with E-state index >= 15 is 0 Å². The molecule has 3 heteroatoms. The first-order chi connectivity index (χ1) is 12.8. The van der Waals surface area contributed by atoms with Gasteiger partial charge in [0.1, 0.15) is 0 Å². The molecular formula is C23H23N2P. The minimum absolute atomic E-state index is 0.177. The topological polar surface area (TPSA) is 24.9 Å². The smallest absolute Gasteiger partial charge is 0.0594 e. The molecular weight excluding hydrogens is 335 g/mol. The van der Waals surface area contributed by atoms with Crippen LogP contribution in [0.2, 0.25) is 0 Å². The minimum atomic E-state index is 0.177. The van der Waals surface area contributed by atoms with Crippen molar-refractivity contribution in [3.05, 3.63) is 88.7 Å². The van der Waals surface area contributed by atoms with Gasteiger partial charge in [-0.3, -0.25) is 4.98 Å². The lowest BCUT2D eigenvalue weighted by molar-refractivity contribution is 0.510. The number of anilines is 1. The molecule has 2 nitrogen and oxygen atoms in total. The fourth-order valence-electron chi connectivity index (χ4n) is 5.07. The maximum atomic E-state index is 4.46. The molecule has 1 unspecified atom stereocenters. The second kappa shape index (κ2) is 6.21. The van der Waals surface area contributed by atoms with Gasteiger partial charge in [0.25, 0.3) is 0 Å². The highest BCUT2D eigenvalue weighted by Gasteiger charge is 2.46. The number of benzene rings is 2. The van der Waals surface area contributed by atoms with E-state index in [1.807, 2.05) is 12.3 Å². The fourth-order valence-corrected chi connectivity index (χ4v) is 5.64.